The Morgan fingerprint density at radius 1 is 1.12 bits per heavy atom. The van der Waals surface area contributed by atoms with Crippen LogP contribution in [0.5, 0.6) is 0 Å². The Hall–Kier alpha value is -1.79. The summed E-state index contributed by atoms with van der Waals surface area (Å²) in [4.78, 5) is 11.3. The summed E-state index contributed by atoms with van der Waals surface area (Å²) in [6.45, 7) is 3.13. The zero-order valence-corrected chi connectivity index (χ0v) is 15.6. The molecule has 2 heterocycles. The molecule has 6 heteroatoms. The molecule has 1 aliphatic heterocycles. The smallest absolute Gasteiger partial charge is 0.191 e. The second-order valence-corrected chi connectivity index (χ2v) is 7.20. The maximum atomic E-state index is 5.90. The zero-order chi connectivity index (χ0) is 17.5. The van der Waals surface area contributed by atoms with Crippen LogP contribution in [0, 0.1) is 0 Å². The molecule has 0 spiro atoms. The first-order chi connectivity index (χ1) is 12.3. The van der Waals surface area contributed by atoms with Gasteiger partial charge in [-0.3, -0.25) is 4.90 Å². The van der Waals surface area contributed by atoms with Crippen molar-refractivity contribution in [3.05, 3.63) is 42.0 Å². The molecule has 3 N–H and O–H groups in total. The third-order valence-corrected chi connectivity index (χ3v) is 5.20. The second-order valence-electron chi connectivity index (χ2n) is 6.42. The highest BCUT2D eigenvalue weighted by atomic mass is 32.2. The van der Waals surface area contributed by atoms with Crippen LogP contribution < -0.4 is 11.1 Å². The maximum Gasteiger partial charge on any atom is 0.191 e. The highest BCUT2D eigenvalue weighted by Crippen LogP contribution is 2.25. The van der Waals surface area contributed by atoms with Crippen LogP contribution >= 0.6 is 11.8 Å². The average Bonchev–Trinajstić information content (AvgIpc) is 2.92. The molecule has 2 aromatic rings. The molecule has 1 aliphatic rings. The lowest BCUT2D eigenvalue weighted by molar-refractivity contribution is 0.213. The van der Waals surface area contributed by atoms with E-state index in [-0.39, 0.29) is 0 Å². The number of rotatable bonds is 6. The summed E-state index contributed by atoms with van der Waals surface area (Å²) in [7, 11) is 0. The van der Waals surface area contributed by atoms with Gasteiger partial charge in [-0.1, -0.05) is 54.9 Å². The van der Waals surface area contributed by atoms with Crippen molar-refractivity contribution < 1.29 is 0 Å². The molecule has 0 bridgehead atoms. The number of nitrogens with zero attached hydrogens (tertiary/aromatic N) is 3. The van der Waals surface area contributed by atoms with Gasteiger partial charge in [0.2, 0.25) is 0 Å². The lowest BCUT2D eigenvalue weighted by atomic mass is 10.0. The van der Waals surface area contributed by atoms with Gasteiger partial charge in [-0.25, -0.2) is 9.97 Å². The van der Waals surface area contributed by atoms with Crippen LogP contribution in [0.15, 0.2) is 41.6 Å². The Morgan fingerprint density at radius 3 is 2.52 bits per heavy atom. The monoisotopic (exact) mass is 357 g/mol. The molecule has 0 aliphatic carbocycles. The van der Waals surface area contributed by atoms with Crippen LogP contribution in [0.25, 0.3) is 0 Å². The van der Waals surface area contributed by atoms with Gasteiger partial charge in [0.25, 0.3) is 0 Å². The molecule has 1 atom stereocenters. The van der Waals surface area contributed by atoms with Gasteiger partial charge in [-0.05, 0) is 37.8 Å². The summed E-state index contributed by atoms with van der Waals surface area (Å²) >= 11 is 1.51. The van der Waals surface area contributed by atoms with Gasteiger partial charge in [0.1, 0.15) is 11.6 Å². The predicted molar refractivity (Wildman–Crippen MR) is 106 cm³/mol. The number of aromatic nitrogens is 2. The van der Waals surface area contributed by atoms with Gasteiger partial charge in [0, 0.05) is 12.6 Å². The molecule has 5 nitrogen and oxygen atoms in total. The van der Waals surface area contributed by atoms with E-state index in [1.54, 1.807) is 0 Å². The van der Waals surface area contributed by atoms with Gasteiger partial charge in [-0.15, -0.1) is 0 Å². The Kier molecular flexibility index (Phi) is 6.53. The van der Waals surface area contributed by atoms with Crippen LogP contribution in [0.3, 0.4) is 0 Å². The Bertz CT molecular complexity index is 656. The number of hydrogen-bond acceptors (Lipinski definition) is 6. The highest BCUT2D eigenvalue weighted by Gasteiger charge is 2.21. The van der Waals surface area contributed by atoms with Gasteiger partial charge >= 0.3 is 0 Å². The summed E-state index contributed by atoms with van der Waals surface area (Å²) in [5.74, 6) is 1.31. The average molecular weight is 358 g/mol. The fraction of sp³-hybridized carbons (Fsp3) is 0.474. The number of hydrogen-bond donors (Lipinski definition) is 2. The number of likely N-dealkylation sites (tertiary alicyclic amines) is 1. The highest BCUT2D eigenvalue weighted by molar-refractivity contribution is 7.98. The van der Waals surface area contributed by atoms with E-state index in [9.17, 15) is 0 Å². The third kappa shape index (κ3) is 5.09. The van der Waals surface area contributed by atoms with Crippen molar-refractivity contribution in [2.45, 2.75) is 36.9 Å². The van der Waals surface area contributed by atoms with Crippen molar-refractivity contribution in [1.82, 2.24) is 14.9 Å². The lowest BCUT2D eigenvalue weighted by Crippen LogP contribution is -2.34. The molecule has 1 aromatic carbocycles. The molecule has 134 valence electrons. The lowest BCUT2D eigenvalue weighted by Gasteiger charge is -2.31. The van der Waals surface area contributed by atoms with Crippen molar-refractivity contribution in [1.29, 1.82) is 0 Å². The predicted octanol–water partition coefficient (Wildman–Crippen LogP) is 3.81. The van der Waals surface area contributed by atoms with Crippen LogP contribution in [0.2, 0.25) is 0 Å². The molecule has 25 heavy (non-hydrogen) atoms. The summed E-state index contributed by atoms with van der Waals surface area (Å²) in [6, 6.07) is 12.9. The van der Waals surface area contributed by atoms with Gasteiger partial charge in [0.15, 0.2) is 5.16 Å². The van der Waals surface area contributed by atoms with E-state index >= 15 is 0 Å². The minimum atomic E-state index is 0.341. The van der Waals surface area contributed by atoms with E-state index in [1.165, 1.54) is 43.0 Å². The second kappa shape index (κ2) is 9.06. The molecular weight excluding hydrogens is 330 g/mol. The topological polar surface area (TPSA) is 67.1 Å². The normalized spacial score (nSPS) is 17.0. The van der Waals surface area contributed by atoms with E-state index in [0.29, 0.717) is 17.0 Å². The molecule has 1 saturated heterocycles. The van der Waals surface area contributed by atoms with Crippen molar-refractivity contribution in [2.75, 3.05) is 36.9 Å². The van der Waals surface area contributed by atoms with E-state index in [2.05, 4.69) is 50.5 Å². The molecule has 1 fully saturated rings. The van der Waals surface area contributed by atoms with E-state index in [4.69, 9.17) is 5.73 Å². The first-order valence-electron chi connectivity index (χ1n) is 8.97. The van der Waals surface area contributed by atoms with Gasteiger partial charge < -0.3 is 11.1 Å². The molecule has 0 radical (unpaired) electrons. The zero-order valence-electron chi connectivity index (χ0n) is 14.8. The maximum absolute atomic E-state index is 5.90. The number of nitrogens with two attached hydrogens (primary N) is 1. The van der Waals surface area contributed by atoms with Crippen molar-refractivity contribution in [3.8, 4) is 0 Å². The first-order valence-corrected chi connectivity index (χ1v) is 10.2. The number of nitrogens with one attached hydrogen (secondary N) is 1. The van der Waals surface area contributed by atoms with E-state index in [0.717, 1.165) is 25.5 Å². The van der Waals surface area contributed by atoms with Crippen LogP contribution in [-0.2, 0) is 0 Å². The van der Waals surface area contributed by atoms with Gasteiger partial charge in [0.05, 0.1) is 6.04 Å². The molecule has 3 rings (SSSR count). The van der Waals surface area contributed by atoms with E-state index < -0.39 is 0 Å². The Morgan fingerprint density at radius 2 is 1.84 bits per heavy atom. The van der Waals surface area contributed by atoms with Crippen LogP contribution in [0.1, 0.15) is 37.3 Å². The number of nitrogen functional groups attached to an aromatic ring is 1. The SMILES string of the molecule is CSc1nc(N)cc(NCC(c2ccccc2)N2CCCCCC2)n1. The standard InChI is InChI=1S/C19H27N5S/c1-25-19-22-17(20)13-18(23-19)21-14-16(15-9-5-4-6-10-15)24-11-7-2-3-8-12-24/h4-6,9-10,13,16H,2-3,7-8,11-12,14H2,1H3,(H3,20,21,22,23). The molecule has 1 unspecified atom stereocenters. The number of benzene rings is 1. The van der Waals surface area contributed by atoms with Crippen molar-refractivity contribution >= 4 is 23.4 Å². The summed E-state index contributed by atoms with van der Waals surface area (Å²) in [6.07, 6.45) is 7.19. The summed E-state index contributed by atoms with van der Waals surface area (Å²) < 4.78 is 0. The van der Waals surface area contributed by atoms with Crippen LogP contribution in [-0.4, -0.2) is 40.8 Å². The van der Waals surface area contributed by atoms with Crippen LogP contribution in [0.4, 0.5) is 11.6 Å². The Labute approximate surface area is 154 Å². The summed E-state index contributed by atoms with van der Waals surface area (Å²) in [5.41, 5.74) is 7.25. The van der Waals surface area contributed by atoms with E-state index in [1.807, 2.05) is 12.3 Å². The van der Waals surface area contributed by atoms with Gasteiger partial charge in [-0.2, -0.15) is 0 Å². The quantitative estimate of drug-likeness (QED) is 0.605. The Balaban J connectivity index is 1.76. The minimum absolute atomic E-state index is 0.341. The van der Waals surface area contributed by atoms with Crippen molar-refractivity contribution in [3.63, 3.8) is 0 Å². The number of anilines is 2. The minimum Gasteiger partial charge on any atom is -0.383 e. The fourth-order valence-corrected chi connectivity index (χ4v) is 3.75. The first kappa shape index (κ1) is 18.0. The van der Waals surface area contributed by atoms with Crippen molar-refractivity contribution in [2.24, 2.45) is 0 Å². The summed E-state index contributed by atoms with van der Waals surface area (Å²) in [5, 5.41) is 4.19. The number of thioether (sulfide) groups is 1. The third-order valence-electron chi connectivity index (χ3n) is 4.65. The molecule has 0 saturated carbocycles. The molecule has 1 aromatic heterocycles. The fourth-order valence-electron chi connectivity index (χ4n) is 3.37. The molecular formula is C19H27N5S. The largest absolute Gasteiger partial charge is 0.383 e. The molecule has 0 amide bonds.